The molecule has 1 saturated heterocycles. The molecule has 0 spiro atoms. The van der Waals surface area contributed by atoms with Crippen molar-refractivity contribution in [1.29, 1.82) is 5.26 Å². The van der Waals surface area contributed by atoms with Crippen LogP contribution in [-0.2, 0) is 7.05 Å². The number of hydrogen-bond acceptors (Lipinski definition) is 5. The maximum absolute atomic E-state index is 14.5. The molecule has 0 radical (unpaired) electrons. The van der Waals surface area contributed by atoms with E-state index in [-0.39, 0.29) is 5.56 Å². The Kier molecular flexibility index (Phi) is 5.29. The van der Waals surface area contributed by atoms with Crippen molar-refractivity contribution in [3.8, 4) is 28.5 Å². The van der Waals surface area contributed by atoms with Gasteiger partial charge in [0.2, 0.25) is 0 Å². The average molecular weight is 426 g/mol. The summed E-state index contributed by atoms with van der Waals surface area (Å²) in [6, 6.07) is 14.6. The van der Waals surface area contributed by atoms with Crippen LogP contribution in [0.5, 0.6) is 0 Å². The van der Waals surface area contributed by atoms with Crippen LogP contribution in [0.4, 0.5) is 10.1 Å². The third kappa shape index (κ3) is 3.93. The highest BCUT2D eigenvalue weighted by molar-refractivity contribution is 5.89. The Balaban J connectivity index is 1.57. The molecule has 5 rings (SSSR count). The van der Waals surface area contributed by atoms with E-state index >= 15 is 0 Å². The third-order valence-corrected chi connectivity index (χ3v) is 5.94. The summed E-state index contributed by atoms with van der Waals surface area (Å²) in [5.41, 5.74) is 5.01. The van der Waals surface area contributed by atoms with Gasteiger partial charge in [-0.1, -0.05) is 12.1 Å². The molecule has 6 nitrogen and oxygen atoms in total. The highest BCUT2D eigenvalue weighted by Crippen LogP contribution is 2.34. The number of aryl methyl sites for hydroxylation is 1. The number of pyridine rings is 1. The number of fused-ring (bicyclic) bond motifs is 1. The van der Waals surface area contributed by atoms with Crippen molar-refractivity contribution < 1.29 is 4.39 Å². The van der Waals surface area contributed by atoms with Gasteiger partial charge in [-0.15, -0.1) is 0 Å². The van der Waals surface area contributed by atoms with E-state index in [2.05, 4.69) is 15.7 Å². The molecule has 3 heterocycles. The molecule has 1 aliphatic rings. The van der Waals surface area contributed by atoms with Crippen LogP contribution < -0.4 is 10.6 Å². The number of nitrogens with one attached hydrogen (secondary N) is 2. The SMILES string of the molecule is Cn1cc2cc(-c3ncc(NCC4CCNC4)cc3-c3ccc(C#N)c(F)c3)ccc2n1. The van der Waals surface area contributed by atoms with Crippen LogP contribution in [0.3, 0.4) is 0 Å². The fraction of sp³-hybridized carbons (Fsp3) is 0.240. The van der Waals surface area contributed by atoms with E-state index in [0.717, 1.165) is 59.5 Å². The van der Waals surface area contributed by atoms with E-state index < -0.39 is 5.82 Å². The van der Waals surface area contributed by atoms with Gasteiger partial charge in [0, 0.05) is 36.3 Å². The van der Waals surface area contributed by atoms with Crippen LogP contribution in [0.2, 0.25) is 0 Å². The zero-order valence-corrected chi connectivity index (χ0v) is 17.8. The number of nitriles is 1. The minimum absolute atomic E-state index is 0.0306. The van der Waals surface area contributed by atoms with Gasteiger partial charge >= 0.3 is 0 Å². The molecular formula is C25H23FN6. The second-order valence-electron chi connectivity index (χ2n) is 8.24. The summed E-state index contributed by atoms with van der Waals surface area (Å²) in [4.78, 5) is 4.76. The van der Waals surface area contributed by atoms with Gasteiger partial charge in [-0.25, -0.2) is 4.39 Å². The quantitative estimate of drug-likeness (QED) is 0.497. The Morgan fingerprint density at radius 1 is 1.22 bits per heavy atom. The van der Waals surface area contributed by atoms with Crippen LogP contribution in [0, 0.1) is 23.1 Å². The maximum Gasteiger partial charge on any atom is 0.141 e. The number of nitrogens with zero attached hydrogens (tertiary/aromatic N) is 4. The number of anilines is 1. The number of aromatic nitrogens is 3. The van der Waals surface area contributed by atoms with Gasteiger partial charge < -0.3 is 10.6 Å². The lowest BCUT2D eigenvalue weighted by Crippen LogP contribution is -2.17. The van der Waals surface area contributed by atoms with Gasteiger partial charge in [0.1, 0.15) is 11.9 Å². The molecule has 4 aromatic rings. The molecule has 32 heavy (non-hydrogen) atoms. The van der Waals surface area contributed by atoms with Gasteiger partial charge in [-0.05, 0) is 61.3 Å². The summed E-state index contributed by atoms with van der Waals surface area (Å²) in [6.07, 6.45) is 4.94. The molecule has 0 saturated carbocycles. The van der Waals surface area contributed by atoms with Crippen molar-refractivity contribution in [3.05, 3.63) is 66.2 Å². The summed E-state index contributed by atoms with van der Waals surface area (Å²) in [7, 11) is 1.89. The third-order valence-electron chi connectivity index (χ3n) is 5.94. The molecule has 1 fully saturated rings. The number of halogens is 1. The largest absolute Gasteiger partial charge is 0.383 e. The predicted octanol–water partition coefficient (Wildman–Crippen LogP) is 4.33. The number of rotatable bonds is 5. The molecule has 2 aromatic heterocycles. The Morgan fingerprint density at radius 2 is 2.09 bits per heavy atom. The monoisotopic (exact) mass is 426 g/mol. The summed E-state index contributed by atoms with van der Waals surface area (Å²) in [5, 5.41) is 21.4. The van der Waals surface area contributed by atoms with E-state index in [1.807, 2.05) is 49.8 Å². The Labute approximate surface area is 185 Å². The molecule has 2 N–H and O–H groups in total. The van der Waals surface area contributed by atoms with Crippen molar-refractivity contribution in [3.63, 3.8) is 0 Å². The number of benzene rings is 2. The van der Waals surface area contributed by atoms with Crippen molar-refractivity contribution in [2.75, 3.05) is 25.0 Å². The Hall–Kier alpha value is -3.76. The van der Waals surface area contributed by atoms with Crippen molar-refractivity contribution in [1.82, 2.24) is 20.1 Å². The fourth-order valence-corrected chi connectivity index (χ4v) is 4.23. The Morgan fingerprint density at radius 3 is 2.88 bits per heavy atom. The van der Waals surface area contributed by atoms with Crippen LogP contribution in [-0.4, -0.2) is 34.4 Å². The second-order valence-corrected chi connectivity index (χ2v) is 8.24. The molecular weight excluding hydrogens is 403 g/mol. The predicted molar refractivity (Wildman–Crippen MR) is 124 cm³/mol. The van der Waals surface area contributed by atoms with E-state index in [1.54, 1.807) is 10.7 Å². The normalized spacial score (nSPS) is 15.7. The van der Waals surface area contributed by atoms with E-state index in [0.29, 0.717) is 11.5 Å². The summed E-state index contributed by atoms with van der Waals surface area (Å²) in [5.74, 6) is 0.0486. The molecule has 1 atom stereocenters. The van der Waals surface area contributed by atoms with Crippen molar-refractivity contribution in [2.24, 2.45) is 13.0 Å². The zero-order chi connectivity index (χ0) is 22.1. The van der Waals surface area contributed by atoms with Gasteiger partial charge in [0.25, 0.3) is 0 Å². The second kappa shape index (κ2) is 8.40. The lowest BCUT2D eigenvalue weighted by atomic mass is 9.97. The summed E-state index contributed by atoms with van der Waals surface area (Å²) >= 11 is 0. The summed E-state index contributed by atoms with van der Waals surface area (Å²) < 4.78 is 16.2. The van der Waals surface area contributed by atoms with Gasteiger partial charge in [0.05, 0.1) is 28.7 Å². The Bertz CT molecular complexity index is 1330. The molecule has 1 unspecified atom stereocenters. The summed E-state index contributed by atoms with van der Waals surface area (Å²) in [6.45, 7) is 2.92. The highest BCUT2D eigenvalue weighted by Gasteiger charge is 2.16. The van der Waals surface area contributed by atoms with Crippen LogP contribution in [0.15, 0.2) is 54.9 Å². The lowest BCUT2D eigenvalue weighted by molar-refractivity contribution is 0.615. The molecule has 1 aliphatic heterocycles. The van der Waals surface area contributed by atoms with Gasteiger partial charge in [-0.2, -0.15) is 10.4 Å². The maximum atomic E-state index is 14.5. The zero-order valence-electron chi connectivity index (χ0n) is 17.8. The molecule has 0 bridgehead atoms. The molecule has 0 amide bonds. The standard InChI is InChI=1S/C25H23FN6/c1-32-15-20-8-18(4-5-24(20)31-32)25-22(17-2-3-19(11-27)23(26)9-17)10-21(14-30-25)29-13-16-6-7-28-12-16/h2-5,8-10,14-16,28-29H,6-7,12-13H2,1H3. The smallest absolute Gasteiger partial charge is 0.141 e. The lowest BCUT2D eigenvalue weighted by Gasteiger charge is -2.15. The van der Waals surface area contributed by atoms with E-state index in [1.165, 1.54) is 12.1 Å². The fourth-order valence-electron chi connectivity index (χ4n) is 4.23. The van der Waals surface area contributed by atoms with Crippen LogP contribution in [0.1, 0.15) is 12.0 Å². The van der Waals surface area contributed by atoms with Crippen molar-refractivity contribution in [2.45, 2.75) is 6.42 Å². The average Bonchev–Trinajstić information content (AvgIpc) is 3.45. The topological polar surface area (TPSA) is 78.6 Å². The van der Waals surface area contributed by atoms with Crippen LogP contribution >= 0.6 is 0 Å². The van der Waals surface area contributed by atoms with Crippen molar-refractivity contribution >= 4 is 16.6 Å². The molecule has 0 aliphatic carbocycles. The first-order chi connectivity index (χ1) is 15.6. The van der Waals surface area contributed by atoms with Gasteiger partial charge in [-0.3, -0.25) is 9.67 Å². The molecule has 7 heteroatoms. The first kappa shape index (κ1) is 20.2. The minimum Gasteiger partial charge on any atom is -0.383 e. The molecule has 2 aromatic carbocycles. The van der Waals surface area contributed by atoms with E-state index in [4.69, 9.17) is 10.2 Å². The van der Waals surface area contributed by atoms with E-state index in [9.17, 15) is 4.39 Å². The first-order valence-electron chi connectivity index (χ1n) is 10.7. The van der Waals surface area contributed by atoms with Gasteiger partial charge in [0.15, 0.2) is 0 Å². The highest BCUT2D eigenvalue weighted by atomic mass is 19.1. The molecule has 160 valence electrons. The number of hydrogen-bond donors (Lipinski definition) is 2. The first-order valence-corrected chi connectivity index (χ1v) is 10.7. The van der Waals surface area contributed by atoms with Crippen LogP contribution in [0.25, 0.3) is 33.3 Å². The minimum atomic E-state index is -0.533.